The largest absolute Gasteiger partial charge is 0.497 e. The summed E-state index contributed by atoms with van der Waals surface area (Å²) in [6.45, 7) is 2.39. The van der Waals surface area contributed by atoms with Crippen LogP contribution >= 0.6 is 0 Å². The molecule has 0 radical (unpaired) electrons. The highest BCUT2D eigenvalue weighted by Crippen LogP contribution is 2.36. The first-order valence-electron chi connectivity index (χ1n) is 12.5. The molecule has 0 atom stereocenters. The molecule has 0 aliphatic carbocycles. The molecule has 0 bridgehead atoms. The third-order valence-corrected chi connectivity index (χ3v) is 6.08. The van der Waals surface area contributed by atoms with Crippen LogP contribution in [0.3, 0.4) is 0 Å². The van der Waals surface area contributed by atoms with Crippen molar-refractivity contribution in [1.29, 1.82) is 0 Å². The molecule has 39 heavy (non-hydrogen) atoms. The minimum absolute atomic E-state index is 0.175. The predicted octanol–water partition coefficient (Wildman–Crippen LogP) is 7.62. The van der Waals surface area contributed by atoms with E-state index < -0.39 is 5.97 Å². The highest BCUT2D eigenvalue weighted by atomic mass is 16.5. The number of esters is 1. The fraction of sp³-hybridized carbons (Fsp3) is 0.0909. The number of hydrogen-bond acceptors (Lipinski definition) is 6. The van der Waals surface area contributed by atoms with Gasteiger partial charge in [-0.2, -0.15) is 0 Å². The monoisotopic (exact) mass is 518 g/mol. The SMILES string of the molecule is CCOc1ccc2oc(-c3ccccc3)c(C(=O)Oc3ccc(C(=O)/C=C/c4cccc(OC)c4)cc3)c2c1. The van der Waals surface area contributed by atoms with E-state index in [-0.39, 0.29) is 5.78 Å². The molecular formula is C33H26O6. The summed E-state index contributed by atoms with van der Waals surface area (Å²) in [5.41, 5.74) is 2.92. The van der Waals surface area contributed by atoms with E-state index in [1.165, 1.54) is 6.08 Å². The Morgan fingerprint density at radius 3 is 2.33 bits per heavy atom. The number of furan rings is 1. The molecule has 0 unspecified atom stereocenters. The van der Waals surface area contributed by atoms with Crippen LogP contribution in [0.1, 0.15) is 33.2 Å². The molecule has 5 aromatic rings. The van der Waals surface area contributed by atoms with Crippen molar-refractivity contribution in [2.45, 2.75) is 6.92 Å². The Hall–Kier alpha value is -5.10. The van der Waals surface area contributed by atoms with Crippen LogP contribution in [0, 0.1) is 0 Å². The molecule has 0 saturated heterocycles. The van der Waals surface area contributed by atoms with Crippen LogP contribution in [-0.2, 0) is 0 Å². The van der Waals surface area contributed by atoms with Gasteiger partial charge in [0.05, 0.1) is 13.7 Å². The topological polar surface area (TPSA) is 75.0 Å². The highest BCUT2D eigenvalue weighted by Gasteiger charge is 2.24. The summed E-state index contributed by atoms with van der Waals surface area (Å²) >= 11 is 0. The first-order chi connectivity index (χ1) is 19.1. The maximum Gasteiger partial charge on any atom is 0.348 e. The van der Waals surface area contributed by atoms with Gasteiger partial charge in [-0.1, -0.05) is 48.5 Å². The van der Waals surface area contributed by atoms with E-state index >= 15 is 0 Å². The summed E-state index contributed by atoms with van der Waals surface area (Å²) in [6, 6.07) is 28.6. The molecule has 0 amide bonds. The molecular weight excluding hydrogens is 492 g/mol. The third kappa shape index (κ3) is 5.75. The van der Waals surface area contributed by atoms with E-state index in [0.717, 1.165) is 11.1 Å². The number of carbonyl (C=O) groups is 2. The summed E-state index contributed by atoms with van der Waals surface area (Å²) in [5.74, 6) is 1.32. The van der Waals surface area contributed by atoms with Gasteiger partial charge in [-0.15, -0.1) is 0 Å². The lowest BCUT2D eigenvalue weighted by atomic mass is 10.1. The number of allylic oxidation sites excluding steroid dienone is 1. The molecule has 194 valence electrons. The van der Waals surface area contributed by atoms with Crippen LogP contribution in [0.5, 0.6) is 17.2 Å². The minimum Gasteiger partial charge on any atom is -0.497 e. The zero-order valence-corrected chi connectivity index (χ0v) is 21.5. The molecule has 1 aromatic heterocycles. The third-order valence-electron chi connectivity index (χ3n) is 6.08. The number of benzene rings is 4. The molecule has 0 N–H and O–H groups in total. The average Bonchev–Trinajstić information content (AvgIpc) is 3.36. The lowest BCUT2D eigenvalue weighted by molar-refractivity contribution is 0.0737. The number of carbonyl (C=O) groups excluding carboxylic acids is 2. The van der Waals surface area contributed by atoms with Gasteiger partial charge in [0.15, 0.2) is 5.78 Å². The molecule has 1 heterocycles. The van der Waals surface area contributed by atoms with Crippen LogP contribution in [0.2, 0.25) is 0 Å². The van der Waals surface area contributed by atoms with Crippen LogP contribution in [0.25, 0.3) is 28.4 Å². The van der Waals surface area contributed by atoms with Crippen molar-refractivity contribution in [3.8, 4) is 28.6 Å². The van der Waals surface area contributed by atoms with E-state index in [9.17, 15) is 9.59 Å². The lowest BCUT2D eigenvalue weighted by Gasteiger charge is -2.07. The van der Waals surface area contributed by atoms with Crippen LogP contribution in [-0.4, -0.2) is 25.5 Å². The number of fused-ring (bicyclic) bond motifs is 1. The maximum absolute atomic E-state index is 13.5. The molecule has 6 heteroatoms. The van der Waals surface area contributed by atoms with Gasteiger partial charge in [0.1, 0.15) is 34.2 Å². The van der Waals surface area contributed by atoms with Crippen molar-refractivity contribution in [3.05, 3.63) is 120 Å². The molecule has 0 saturated carbocycles. The van der Waals surface area contributed by atoms with Gasteiger partial charge < -0.3 is 18.6 Å². The lowest BCUT2D eigenvalue weighted by Crippen LogP contribution is -2.09. The first-order valence-corrected chi connectivity index (χ1v) is 12.5. The first kappa shape index (κ1) is 25.5. The number of ether oxygens (including phenoxy) is 3. The number of methoxy groups -OCH3 is 1. The van der Waals surface area contributed by atoms with E-state index in [1.54, 1.807) is 55.7 Å². The van der Waals surface area contributed by atoms with Crippen LogP contribution in [0.4, 0.5) is 0 Å². The second-order valence-corrected chi connectivity index (χ2v) is 8.65. The number of ketones is 1. The van der Waals surface area contributed by atoms with Gasteiger partial charge in [-0.3, -0.25) is 4.79 Å². The van der Waals surface area contributed by atoms with Gasteiger partial charge >= 0.3 is 5.97 Å². The van der Waals surface area contributed by atoms with E-state index in [0.29, 0.717) is 51.7 Å². The van der Waals surface area contributed by atoms with Gasteiger partial charge in [0.2, 0.25) is 0 Å². The standard InChI is InChI=1S/C33H26O6/c1-3-37-27-17-19-30-28(21-27)31(32(39-30)24-9-5-4-6-10-24)33(35)38-25-15-13-23(14-16-25)29(34)18-12-22-8-7-11-26(20-22)36-2/h4-21H,3H2,1-2H3/b18-12+. The van der Waals surface area contributed by atoms with Crippen molar-refractivity contribution in [2.75, 3.05) is 13.7 Å². The summed E-state index contributed by atoms with van der Waals surface area (Å²) in [5, 5.41) is 0.597. The summed E-state index contributed by atoms with van der Waals surface area (Å²) in [6.07, 6.45) is 3.22. The van der Waals surface area contributed by atoms with Gasteiger partial charge in [-0.05, 0) is 73.2 Å². The van der Waals surface area contributed by atoms with Gasteiger partial charge in [0.25, 0.3) is 0 Å². The molecule has 4 aromatic carbocycles. The second-order valence-electron chi connectivity index (χ2n) is 8.65. The molecule has 0 spiro atoms. The summed E-state index contributed by atoms with van der Waals surface area (Å²) in [4.78, 5) is 26.1. The maximum atomic E-state index is 13.5. The second kappa shape index (κ2) is 11.5. The van der Waals surface area contributed by atoms with Crippen LogP contribution in [0.15, 0.2) is 108 Å². The summed E-state index contributed by atoms with van der Waals surface area (Å²) < 4.78 is 22.7. The smallest absolute Gasteiger partial charge is 0.348 e. The number of rotatable bonds is 9. The molecule has 0 aliphatic heterocycles. The Morgan fingerprint density at radius 2 is 1.59 bits per heavy atom. The fourth-order valence-electron chi connectivity index (χ4n) is 4.19. The Bertz CT molecular complexity index is 1650. The Balaban J connectivity index is 1.39. The van der Waals surface area contributed by atoms with Crippen molar-refractivity contribution < 1.29 is 28.2 Å². The normalized spacial score (nSPS) is 11.0. The predicted molar refractivity (Wildman–Crippen MR) is 151 cm³/mol. The minimum atomic E-state index is -0.571. The zero-order chi connectivity index (χ0) is 27.2. The van der Waals surface area contributed by atoms with Gasteiger partial charge in [0, 0.05) is 16.5 Å². The van der Waals surface area contributed by atoms with Crippen molar-refractivity contribution >= 4 is 28.8 Å². The van der Waals surface area contributed by atoms with Gasteiger partial charge in [-0.25, -0.2) is 4.79 Å². The Morgan fingerprint density at radius 1 is 0.821 bits per heavy atom. The Kier molecular flexibility index (Phi) is 7.55. The molecule has 0 aliphatic rings. The van der Waals surface area contributed by atoms with E-state index in [1.807, 2.05) is 61.5 Å². The van der Waals surface area contributed by atoms with Crippen LogP contribution < -0.4 is 14.2 Å². The molecule has 6 nitrogen and oxygen atoms in total. The quantitative estimate of drug-likeness (QED) is 0.0865. The van der Waals surface area contributed by atoms with E-state index in [4.69, 9.17) is 18.6 Å². The molecule has 0 fully saturated rings. The zero-order valence-electron chi connectivity index (χ0n) is 21.5. The number of hydrogen-bond donors (Lipinski definition) is 0. The highest BCUT2D eigenvalue weighted by molar-refractivity contribution is 6.10. The Labute approximate surface area is 226 Å². The average molecular weight is 519 g/mol. The summed E-state index contributed by atoms with van der Waals surface area (Å²) in [7, 11) is 1.60. The van der Waals surface area contributed by atoms with Crippen molar-refractivity contribution in [2.24, 2.45) is 0 Å². The van der Waals surface area contributed by atoms with Crippen molar-refractivity contribution in [3.63, 3.8) is 0 Å². The van der Waals surface area contributed by atoms with E-state index in [2.05, 4.69) is 0 Å². The fourth-order valence-corrected chi connectivity index (χ4v) is 4.19. The van der Waals surface area contributed by atoms with Crippen molar-refractivity contribution in [1.82, 2.24) is 0 Å². The molecule has 5 rings (SSSR count).